The van der Waals surface area contributed by atoms with E-state index in [1.807, 2.05) is 6.07 Å². The number of carbonyl (C=O) groups is 1. The van der Waals surface area contributed by atoms with Crippen LogP contribution >= 0.6 is 0 Å². The number of rotatable bonds is 5. The van der Waals surface area contributed by atoms with Crippen LogP contribution in [0.15, 0.2) is 30.3 Å². The molecule has 1 saturated heterocycles. The van der Waals surface area contributed by atoms with Gasteiger partial charge in [-0.15, -0.1) is 0 Å². The maximum Gasteiger partial charge on any atom is 0.223 e. The molecule has 1 unspecified atom stereocenters. The van der Waals surface area contributed by atoms with E-state index in [1.54, 1.807) is 0 Å². The quantitative estimate of drug-likeness (QED) is 0.848. The van der Waals surface area contributed by atoms with E-state index in [-0.39, 0.29) is 17.9 Å². The van der Waals surface area contributed by atoms with Crippen LogP contribution in [0.4, 0.5) is 0 Å². The Bertz CT molecular complexity index is 582. The zero-order valence-corrected chi connectivity index (χ0v) is 17.2. The summed E-state index contributed by atoms with van der Waals surface area (Å²) in [5, 5.41) is 3.28. The largest absolute Gasteiger partial charge is 0.379 e. The minimum Gasteiger partial charge on any atom is -0.379 e. The number of benzene rings is 1. The zero-order valence-electron chi connectivity index (χ0n) is 17.2. The van der Waals surface area contributed by atoms with Gasteiger partial charge in [0.25, 0.3) is 0 Å². The molecule has 0 bridgehead atoms. The molecule has 0 spiro atoms. The number of carbonyl (C=O) groups excluding carboxylic acids is 1. The molecular formula is C23H36N2O2. The Kier molecular flexibility index (Phi) is 6.93. The Morgan fingerprint density at radius 3 is 2.33 bits per heavy atom. The van der Waals surface area contributed by atoms with Gasteiger partial charge in [-0.05, 0) is 42.6 Å². The first kappa shape index (κ1) is 20.3. The average Bonchev–Trinajstić information content (AvgIpc) is 2.69. The van der Waals surface area contributed by atoms with E-state index in [9.17, 15) is 4.79 Å². The third-order valence-corrected chi connectivity index (χ3v) is 6.46. The van der Waals surface area contributed by atoms with E-state index in [2.05, 4.69) is 55.3 Å². The lowest BCUT2D eigenvalue weighted by Gasteiger charge is -2.37. The second-order valence-corrected chi connectivity index (χ2v) is 9.23. The molecule has 1 aromatic rings. The fourth-order valence-electron chi connectivity index (χ4n) is 4.59. The molecule has 150 valence electrons. The number of hydrogen-bond donors (Lipinski definition) is 1. The molecule has 1 aliphatic heterocycles. The van der Waals surface area contributed by atoms with Gasteiger partial charge in [-0.1, -0.05) is 51.1 Å². The van der Waals surface area contributed by atoms with Crippen LogP contribution in [0.1, 0.15) is 58.1 Å². The van der Waals surface area contributed by atoms with Gasteiger partial charge in [-0.2, -0.15) is 0 Å². The van der Waals surface area contributed by atoms with Crippen LogP contribution in [0, 0.1) is 17.3 Å². The molecule has 2 aliphatic rings. The molecule has 4 nitrogen and oxygen atoms in total. The molecule has 1 atom stereocenters. The summed E-state index contributed by atoms with van der Waals surface area (Å²) in [5.41, 5.74) is 1.63. The molecular weight excluding hydrogens is 336 g/mol. The van der Waals surface area contributed by atoms with Gasteiger partial charge in [0.15, 0.2) is 0 Å². The van der Waals surface area contributed by atoms with E-state index >= 15 is 0 Å². The summed E-state index contributed by atoms with van der Waals surface area (Å²) in [6.07, 6.45) is 4.41. The lowest BCUT2D eigenvalue weighted by atomic mass is 9.69. The van der Waals surface area contributed by atoms with E-state index in [0.717, 1.165) is 45.1 Å². The van der Waals surface area contributed by atoms with Crippen molar-refractivity contribution in [1.29, 1.82) is 0 Å². The van der Waals surface area contributed by atoms with Crippen molar-refractivity contribution in [3.8, 4) is 0 Å². The van der Waals surface area contributed by atoms with Crippen LogP contribution < -0.4 is 5.32 Å². The van der Waals surface area contributed by atoms with E-state index in [1.165, 1.54) is 18.4 Å². The third kappa shape index (κ3) is 5.55. The molecule has 3 rings (SSSR count). The topological polar surface area (TPSA) is 41.6 Å². The Morgan fingerprint density at radius 1 is 1.11 bits per heavy atom. The lowest BCUT2D eigenvalue weighted by molar-refractivity contribution is -0.126. The SMILES string of the molecule is CC(C)(C)C1CCC(C(=O)NCC(c2ccccc2)N2CCOCC2)CC1. The Morgan fingerprint density at radius 2 is 1.74 bits per heavy atom. The standard InChI is InChI=1S/C23H36N2O2/c1-23(2,3)20-11-9-19(10-12-20)22(26)24-17-21(18-7-5-4-6-8-18)25-13-15-27-16-14-25/h4-8,19-21H,9-17H2,1-3H3,(H,24,26). The fraction of sp³-hybridized carbons (Fsp3) is 0.696. The predicted octanol–water partition coefficient (Wildman–Crippen LogP) is 4.03. The van der Waals surface area contributed by atoms with Crippen molar-refractivity contribution in [3.63, 3.8) is 0 Å². The van der Waals surface area contributed by atoms with Crippen molar-refractivity contribution in [3.05, 3.63) is 35.9 Å². The molecule has 1 saturated carbocycles. The first-order valence-electron chi connectivity index (χ1n) is 10.6. The molecule has 4 heteroatoms. The van der Waals surface area contributed by atoms with Crippen molar-refractivity contribution < 1.29 is 9.53 Å². The molecule has 1 aromatic carbocycles. The zero-order chi connectivity index (χ0) is 19.3. The number of nitrogens with zero attached hydrogens (tertiary/aromatic N) is 1. The highest BCUT2D eigenvalue weighted by molar-refractivity contribution is 5.78. The third-order valence-electron chi connectivity index (χ3n) is 6.46. The van der Waals surface area contributed by atoms with Gasteiger partial charge in [-0.25, -0.2) is 0 Å². The van der Waals surface area contributed by atoms with Gasteiger partial charge >= 0.3 is 0 Å². The molecule has 1 aliphatic carbocycles. The minimum atomic E-state index is 0.185. The van der Waals surface area contributed by atoms with Crippen LogP contribution in [-0.4, -0.2) is 43.7 Å². The highest BCUT2D eigenvalue weighted by Crippen LogP contribution is 2.39. The summed E-state index contributed by atoms with van der Waals surface area (Å²) in [5.74, 6) is 1.17. The van der Waals surface area contributed by atoms with Crippen LogP contribution in [0.5, 0.6) is 0 Å². The van der Waals surface area contributed by atoms with Crippen LogP contribution in [0.3, 0.4) is 0 Å². The smallest absolute Gasteiger partial charge is 0.223 e. The molecule has 0 radical (unpaired) electrons. The van der Waals surface area contributed by atoms with Crippen LogP contribution in [0.25, 0.3) is 0 Å². The number of morpholine rings is 1. The first-order valence-corrected chi connectivity index (χ1v) is 10.6. The fourth-order valence-corrected chi connectivity index (χ4v) is 4.59. The van der Waals surface area contributed by atoms with Gasteiger partial charge in [-0.3, -0.25) is 9.69 Å². The van der Waals surface area contributed by atoms with Crippen LogP contribution in [0.2, 0.25) is 0 Å². The molecule has 1 heterocycles. The minimum absolute atomic E-state index is 0.185. The number of hydrogen-bond acceptors (Lipinski definition) is 3. The molecule has 0 aromatic heterocycles. The Labute approximate surface area is 164 Å². The first-order chi connectivity index (χ1) is 12.9. The Balaban J connectivity index is 1.56. The summed E-state index contributed by atoms with van der Waals surface area (Å²) in [4.78, 5) is 15.3. The number of nitrogens with one attached hydrogen (secondary N) is 1. The average molecular weight is 373 g/mol. The maximum absolute atomic E-state index is 12.8. The summed E-state index contributed by atoms with van der Waals surface area (Å²) in [6, 6.07) is 10.8. The van der Waals surface area contributed by atoms with Crippen molar-refractivity contribution in [1.82, 2.24) is 10.2 Å². The van der Waals surface area contributed by atoms with E-state index in [0.29, 0.717) is 12.0 Å². The predicted molar refractivity (Wildman–Crippen MR) is 109 cm³/mol. The summed E-state index contributed by atoms with van der Waals surface area (Å²) < 4.78 is 5.51. The normalized spacial score (nSPS) is 25.7. The molecule has 2 fully saturated rings. The second-order valence-electron chi connectivity index (χ2n) is 9.23. The highest BCUT2D eigenvalue weighted by atomic mass is 16.5. The van der Waals surface area contributed by atoms with Gasteiger partial charge in [0.2, 0.25) is 5.91 Å². The van der Waals surface area contributed by atoms with Gasteiger partial charge < -0.3 is 10.1 Å². The van der Waals surface area contributed by atoms with Gasteiger partial charge in [0.05, 0.1) is 19.3 Å². The van der Waals surface area contributed by atoms with Crippen molar-refractivity contribution in [2.24, 2.45) is 17.3 Å². The maximum atomic E-state index is 12.8. The van der Waals surface area contributed by atoms with E-state index in [4.69, 9.17) is 4.74 Å². The molecule has 27 heavy (non-hydrogen) atoms. The van der Waals surface area contributed by atoms with E-state index < -0.39 is 0 Å². The molecule has 1 N–H and O–H groups in total. The monoisotopic (exact) mass is 372 g/mol. The van der Waals surface area contributed by atoms with Crippen molar-refractivity contribution in [2.45, 2.75) is 52.5 Å². The summed E-state index contributed by atoms with van der Waals surface area (Å²) in [6.45, 7) is 11.0. The second kappa shape index (κ2) is 9.20. The summed E-state index contributed by atoms with van der Waals surface area (Å²) >= 11 is 0. The van der Waals surface area contributed by atoms with Crippen molar-refractivity contribution in [2.75, 3.05) is 32.8 Å². The molecule has 1 amide bonds. The summed E-state index contributed by atoms with van der Waals surface area (Å²) in [7, 11) is 0. The Hall–Kier alpha value is -1.39. The van der Waals surface area contributed by atoms with Gasteiger partial charge in [0.1, 0.15) is 0 Å². The highest BCUT2D eigenvalue weighted by Gasteiger charge is 2.32. The number of amides is 1. The lowest BCUT2D eigenvalue weighted by Crippen LogP contribution is -2.45. The number of ether oxygens (including phenoxy) is 1. The van der Waals surface area contributed by atoms with Crippen molar-refractivity contribution >= 4 is 5.91 Å². The van der Waals surface area contributed by atoms with Gasteiger partial charge in [0, 0.05) is 25.6 Å². The van der Waals surface area contributed by atoms with Crippen LogP contribution in [-0.2, 0) is 9.53 Å².